The Kier molecular flexibility index (Phi) is 3.32. The number of hydrogen-bond acceptors (Lipinski definition) is 2. The molecular weight excluding hydrogens is 224 g/mol. The van der Waals surface area contributed by atoms with Crippen LogP contribution in [0.4, 0.5) is 0 Å². The van der Waals surface area contributed by atoms with Crippen LogP contribution in [-0.4, -0.2) is 9.97 Å². The monoisotopic (exact) mass is 242 g/mol. The van der Waals surface area contributed by atoms with Crippen molar-refractivity contribution in [3.63, 3.8) is 0 Å². The molecule has 0 aliphatic carbocycles. The minimum absolute atomic E-state index is 0.00176. The van der Waals surface area contributed by atoms with E-state index in [0.717, 1.165) is 40.2 Å². The van der Waals surface area contributed by atoms with E-state index in [1.54, 1.807) is 0 Å². The van der Waals surface area contributed by atoms with Crippen molar-refractivity contribution in [1.29, 1.82) is 0 Å². The molecule has 2 rings (SSSR count). The Morgan fingerprint density at radius 3 is 2.28 bits per heavy atom. The molecule has 1 N–H and O–H groups in total. The zero-order valence-corrected chi connectivity index (χ0v) is 11.3. The Hall–Kier alpha value is -1.90. The van der Waals surface area contributed by atoms with E-state index >= 15 is 0 Å². The van der Waals surface area contributed by atoms with Crippen molar-refractivity contribution in [2.24, 2.45) is 0 Å². The van der Waals surface area contributed by atoms with E-state index in [4.69, 9.17) is 0 Å². The first-order valence-electron chi connectivity index (χ1n) is 6.19. The molecule has 0 spiro atoms. The van der Waals surface area contributed by atoms with Crippen molar-refractivity contribution in [3.8, 4) is 11.1 Å². The maximum absolute atomic E-state index is 11.6. The molecule has 0 amide bonds. The van der Waals surface area contributed by atoms with Crippen molar-refractivity contribution in [1.82, 2.24) is 9.97 Å². The van der Waals surface area contributed by atoms with Gasteiger partial charge in [-0.05, 0) is 51.0 Å². The molecule has 0 atom stereocenters. The minimum Gasteiger partial charge on any atom is -0.325 e. The Labute approximate surface area is 107 Å². The van der Waals surface area contributed by atoms with Gasteiger partial charge >= 0.3 is 0 Å². The second-order valence-electron chi connectivity index (χ2n) is 4.67. The van der Waals surface area contributed by atoms with Gasteiger partial charge in [-0.2, -0.15) is 0 Å². The fourth-order valence-electron chi connectivity index (χ4n) is 2.20. The van der Waals surface area contributed by atoms with E-state index in [2.05, 4.69) is 22.1 Å². The van der Waals surface area contributed by atoms with Crippen LogP contribution in [-0.2, 0) is 6.42 Å². The van der Waals surface area contributed by atoms with Gasteiger partial charge < -0.3 is 4.98 Å². The highest BCUT2D eigenvalue weighted by molar-refractivity contribution is 5.67. The van der Waals surface area contributed by atoms with Crippen molar-refractivity contribution in [2.45, 2.75) is 34.1 Å². The molecule has 3 nitrogen and oxygen atoms in total. The molecular formula is C15H18N2O. The number of nitrogens with one attached hydrogen (secondary N) is 1. The lowest BCUT2D eigenvalue weighted by atomic mass is 10.0. The Bertz CT molecular complexity index is 621. The van der Waals surface area contributed by atoms with Crippen molar-refractivity contribution >= 4 is 0 Å². The third-order valence-electron chi connectivity index (χ3n) is 3.05. The first-order chi connectivity index (χ1) is 8.51. The Morgan fingerprint density at radius 1 is 1.11 bits per heavy atom. The lowest BCUT2D eigenvalue weighted by molar-refractivity contribution is 1.00. The summed E-state index contributed by atoms with van der Waals surface area (Å²) < 4.78 is 0. The van der Waals surface area contributed by atoms with Gasteiger partial charge in [-0.1, -0.05) is 6.92 Å². The summed E-state index contributed by atoms with van der Waals surface area (Å²) in [6.07, 6.45) is 0.811. The Morgan fingerprint density at radius 2 is 1.72 bits per heavy atom. The van der Waals surface area contributed by atoms with Gasteiger partial charge in [-0.25, -0.2) is 0 Å². The standard InChI is InChI=1S/C15H18N2O/c1-5-14-13(6-9(2)15(18)17-14)12-7-10(3)16-11(4)8-12/h6-8H,5H2,1-4H3,(H,17,18). The second kappa shape index (κ2) is 4.77. The van der Waals surface area contributed by atoms with Crippen LogP contribution < -0.4 is 5.56 Å². The van der Waals surface area contributed by atoms with Crippen LogP contribution in [0.3, 0.4) is 0 Å². The molecule has 0 fully saturated rings. The van der Waals surface area contributed by atoms with Crippen LogP contribution in [0.1, 0.15) is 29.6 Å². The van der Waals surface area contributed by atoms with Crippen LogP contribution >= 0.6 is 0 Å². The normalized spacial score (nSPS) is 10.7. The van der Waals surface area contributed by atoms with Gasteiger partial charge in [0, 0.05) is 28.2 Å². The second-order valence-corrected chi connectivity index (χ2v) is 4.67. The topological polar surface area (TPSA) is 45.8 Å². The molecule has 0 saturated heterocycles. The zero-order chi connectivity index (χ0) is 13.3. The van der Waals surface area contributed by atoms with Crippen LogP contribution in [0.5, 0.6) is 0 Å². The maximum Gasteiger partial charge on any atom is 0.251 e. The van der Waals surface area contributed by atoms with Gasteiger partial charge in [0.15, 0.2) is 0 Å². The lowest BCUT2D eigenvalue weighted by Gasteiger charge is -2.10. The summed E-state index contributed by atoms with van der Waals surface area (Å²) in [5, 5.41) is 0. The van der Waals surface area contributed by atoms with Crippen molar-refractivity contribution in [2.75, 3.05) is 0 Å². The van der Waals surface area contributed by atoms with Crippen LogP contribution in [0.25, 0.3) is 11.1 Å². The lowest BCUT2D eigenvalue weighted by Crippen LogP contribution is -2.12. The molecule has 0 aromatic carbocycles. The third kappa shape index (κ3) is 2.35. The molecule has 2 heterocycles. The summed E-state index contributed by atoms with van der Waals surface area (Å²) in [5.41, 5.74) is 5.94. The number of pyridine rings is 2. The summed E-state index contributed by atoms with van der Waals surface area (Å²) in [5.74, 6) is 0. The SMILES string of the molecule is CCc1[nH]c(=O)c(C)cc1-c1cc(C)nc(C)c1. The highest BCUT2D eigenvalue weighted by atomic mass is 16.1. The number of H-pyrrole nitrogens is 1. The fraction of sp³-hybridized carbons (Fsp3) is 0.333. The predicted molar refractivity (Wildman–Crippen MR) is 73.9 cm³/mol. The summed E-state index contributed by atoms with van der Waals surface area (Å²) in [4.78, 5) is 19.0. The summed E-state index contributed by atoms with van der Waals surface area (Å²) >= 11 is 0. The van der Waals surface area contributed by atoms with E-state index in [9.17, 15) is 4.79 Å². The van der Waals surface area contributed by atoms with Gasteiger partial charge in [-0.3, -0.25) is 9.78 Å². The fourth-order valence-corrected chi connectivity index (χ4v) is 2.20. The molecule has 2 aromatic rings. The maximum atomic E-state index is 11.6. The number of aryl methyl sites for hydroxylation is 4. The molecule has 0 aliphatic heterocycles. The average Bonchev–Trinajstić information content (AvgIpc) is 2.30. The number of hydrogen-bond donors (Lipinski definition) is 1. The third-order valence-corrected chi connectivity index (χ3v) is 3.05. The van der Waals surface area contributed by atoms with Crippen LogP contribution in [0, 0.1) is 20.8 Å². The summed E-state index contributed by atoms with van der Waals surface area (Å²) in [7, 11) is 0. The van der Waals surface area contributed by atoms with Gasteiger partial charge in [-0.15, -0.1) is 0 Å². The quantitative estimate of drug-likeness (QED) is 0.880. The highest BCUT2D eigenvalue weighted by Gasteiger charge is 2.08. The largest absolute Gasteiger partial charge is 0.325 e. The van der Waals surface area contributed by atoms with Crippen LogP contribution in [0.15, 0.2) is 23.0 Å². The molecule has 0 aliphatic rings. The first-order valence-corrected chi connectivity index (χ1v) is 6.19. The van der Waals surface area contributed by atoms with Gasteiger partial charge in [0.05, 0.1) is 0 Å². The molecule has 0 radical (unpaired) electrons. The molecule has 94 valence electrons. The smallest absolute Gasteiger partial charge is 0.251 e. The summed E-state index contributed by atoms with van der Waals surface area (Å²) in [6, 6.07) is 6.07. The molecule has 3 heteroatoms. The van der Waals surface area contributed by atoms with E-state index in [1.165, 1.54) is 0 Å². The van der Waals surface area contributed by atoms with Gasteiger partial charge in [0.1, 0.15) is 0 Å². The molecule has 0 unspecified atom stereocenters. The van der Waals surface area contributed by atoms with E-state index in [1.807, 2.05) is 33.8 Å². The van der Waals surface area contributed by atoms with Crippen LogP contribution in [0.2, 0.25) is 0 Å². The number of aromatic nitrogens is 2. The van der Waals surface area contributed by atoms with E-state index in [0.29, 0.717) is 0 Å². The average molecular weight is 242 g/mol. The minimum atomic E-state index is -0.00176. The highest BCUT2D eigenvalue weighted by Crippen LogP contribution is 2.24. The number of rotatable bonds is 2. The predicted octanol–water partition coefficient (Wildman–Crippen LogP) is 2.92. The van der Waals surface area contributed by atoms with Crippen molar-refractivity contribution in [3.05, 3.63) is 51.2 Å². The number of nitrogens with zero attached hydrogens (tertiary/aromatic N) is 1. The van der Waals surface area contributed by atoms with Gasteiger partial charge in [0.25, 0.3) is 5.56 Å². The van der Waals surface area contributed by atoms with Crippen molar-refractivity contribution < 1.29 is 0 Å². The first kappa shape index (κ1) is 12.6. The van der Waals surface area contributed by atoms with E-state index < -0.39 is 0 Å². The molecule has 18 heavy (non-hydrogen) atoms. The molecule has 0 bridgehead atoms. The van der Waals surface area contributed by atoms with Gasteiger partial charge in [0.2, 0.25) is 0 Å². The van der Waals surface area contributed by atoms with E-state index in [-0.39, 0.29) is 5.56 Å². The zero-order valence-electron chi connectivity index (χ0n) is 11.3. The Balaban J connectivity index is 2.69. The molecule has 0 saturated carbocycles. The molecule has 2 aromatic heterocycles. The summed E-state index contributed by atoms with van der Waals surface area (Å²) in [6.45, 7) is 7.86. The number of aromatic amines is 1.